The van der Waals surface area contributed by atoms with Crippen LogP contribution in [0, 0.1) is 13.8 Å². The quantitative estimate of drug-likeness (QED) is 0.922. The Bertz CT molecular complexity index is 592. The van der Waals surface area contributed by atoms with E-state index in [4.69, 9.17) is 5.11 Å². The summed E-state index contributed by atoms with van der Waals surface area (Å²) >= 11 is 1.19. The molecule has 2 rings (SSSR count). The van der Waals surface area contributed by atoms with Crippen molar-refractivity contribution in [2.45, 2.75) is 13.8 Å². The minimum Gasteiger partial charge on any atom is -0.477 e. The van der Waals surface area contributed by atoms with E-state index in [9.17, 15) is 4.79 Å². The highest BCUT2D eigenvalue weighted by molar-refractivity contribution is 7.17. The van der Waals surface area contributed by atoms with Crippen LogP contribution in [0.15, 0.2) is 24.3 Å². The lowest BCUT2D eigenvalue weighted by Gasteiger charge is -2.17. The van der Waals surface area contributed by atoms with Crippen molar-refractivity contribution in [2.75, 3.05) is 11.9 Å². The molecule has 0 aliphatic heterocycles. The number of aromatic carboxylic acids is 1. The molecule has 1 N–H and O–H groups in total. The standard InChI is InChI=1S/C13H14N2O2S/c1-8-6-4-5-7-10(8)15(3)13-14-9(2)11(18-13)12(16)17/h4-7H,1-3H3,(H,16,17). The highest BCUT2D eigenvalue weighted by Crippen LogP contribution is 2.31. The lowest BCUT2D eigenvalue weighted by molar-refractivity contribution is 0.0701. The summed E-state index contributed by atoms with van der Waals surface area (Å²) in [7, 11) is 1.90. The molecule has 0 amide bonds. The van der Waals surface area contributed by atoms with E-state index in [1.165, 1.54) is 11.3 Å². The maximum Gasteiger partial charge on any atom is 0.347 e. The van der Waals surface area contributed by atoms with Gasteiger partial charge in [0.1, 0.15) is 4.88 Å². The van der Waals surface area contributed by atoms with Gasteiger partial charge in [0.05, 0.1) is 5.69 Å². The molecule has 0 fully saturated rings. The van der Waals surface area contributed by atoms with Crippen LogP contribution in [0.2, 0.25) is 0 Å². The number of hydrogen-bond acceptors (Lipinski definition) is 4. The molecular formula is C13H14N2O2S. The number of para-hydroxylation sites is 1. The maximum absolute atomic E-state index is 11.0. The Morgan fingerprint density at radius 1 is 1.33 bits per heavy atom. The van der Waals surface area contributed by atoms with Crippen LogP contribution in [0.4, 0.5) is 10.8 Å². The van der Waals surface area contributed by atoms with Crippen LogP contribution in [-0.4, -0.2) is 23.1 Å². The molecule has 0 aliphatic rings. The summed E-state index contributed by atoms with van der Waals surface area (Å²) in [5.74, 6) is -0.922. The number of hydrogen-bond donors (Lipinski definition) is 1. The number of rotatable bonds is 3. The Hall–Kier alpha value is -1.88. The number of anilines is 2. The molecule has 0 bridgehead atoms. The number of aromatic nitrogens is 1. The molecule has 0 saturated carbocycles. The predicted molar refractivity (Wildman–Crippen MR) is 73.1 cm³/mol. The lowest BCUT2D eigenvalue weighted by atomic mass is 10.2. The number of carboxylic acid groups (broad SMARTS) is 1. The molecular weight excluding hydrogens is 248 g/mol. The van der Waals surface area contributed by atoms with Crippen LogP contribution in [0.5, 0.6) is 0 Å². The van der Waals surface area contributed by atoms with Gasteiger partial charge in [0.2, 0.25) is 0 Å². The number of nitrogens with zero attached hydrogens (tertiary/aromatic N) is 2. The largest absolute Gasteiger partial charge is 0.477 e. The van der Waals surface area contributed by atoms with Gasteiger partial charge in [-0.1, -0.05) is 29.5 Å². The van der Waals surface area contributed by atoms with Gasteiger partial charge in [-0.15, -0.1) is 0 Å². The van der Waals surface area contributed by atoms with Crippen LogP contribution in [0.3, 0.4) is 0 Å². The third-order valence-electron chi connectivity index (χ3n) is 2.74. The third-order valence-corrected chi connectivity index (χ3v) is 3.97. The monoisotopic (exact) mass is 262 g/mol. The summed E-state index contributed by atoms with van der Waals surface area (Å²) in [6.07, 6.45) is 0. The topological polar surface area (TPSA) is 53.4 Å². The van der Waals surface area contributed by atoms with Crippen molar-refractivity contribution in [3.05, 3.63) is 40.4 Å². The molecule has 0 saturated heterocycles. The number of thiazole rings is 1. The number of benzene rings is 1. The van der Waals surface area contributed by atoms with Gasteiger partial charge >= 0.3 is 5.97 Å². The van der Waals surface area contributed by atoms with Gasteiger partial charge in [-0.25, -0.2) is 9.78 Å². The Balaban J connectivity index is 2.41. The van der Waals surface area contributed by atoms with Crippen LogP contribution < -0.4 is 4.90 Å². The van der Waals surface area contributed by atoms with E-state index in [0.717, 1.165) is 11.3 Å². The van der Waals surface area contributed by atoms with E-state index in [-0.39, 0.29) is 0 Å². The first-order valence-electron chi connectivity index (χ1n) is 5.50. The fraction of sp³-hybridized carbons (Fsp3) is 0.231. The molecule has 0 unspecified atom stereocenters. The average molecular weight is 262 g/mol. The molecule has 1 aromatic heterocycles. The highest BCUT2D eigenvalue weighted by atomic mass is 32.1. The fourth-order valence-electron chi connectivity index (χ4n) is 1.77. The molecule has 0 spiro atoms. The minimum absolute atomic E-state index is 0.297. The number of aryl methyl sites for hydroxylation is 2. The van der Waals surface area contributed by atoms with Crippen LogP contribution >= 0.6 is 11.3 Å². The van der Waals surface area contributed by atoms with Crippen molar-refractivity contribution in [1.82, 2.24) is 4.98 Å². The van der Waals surface area contributed by atoms with Crippen molar-refractivity contribution >= 4 is 28.1 Å². The third kappa shape index (κ3) is 2.22. The molecule has 0 atom stereocenters. The summed E-state index contributed by atoms with van der Waals surface area (Å²) in [6, 6.07) is 7.94. The van der Waals surface area contributed by atoms with Gasteiger partial charge in [0.15, 0.2) is 5.13 Å². The van der Waals surface area contributed by atoms with Crippen molar-refractivity contribution < 1.29 is 9.90 Å². The van der Waals surface area contributed by atoms with E-state index >= 15 is 0 Å². The fourth-order valence-corrected chi connectivity index (χ4v) is 2.65. The second-order valence-electron chi connectivity index (χ2n) is 4.06. The van der Waals surface area contributed by atoms with Crippen molar-refractivity contribution in [3.63, 3.8) is 0 Å². The summed E-state index contributed by atoms with van der Waals surface area (Å²) in [6.45, 7) is 3.74. The summed E-state index contributed by atoms with van der Waals surface area (Å²) in [5, 5.41) is 9.73. The Morgan fingerprint density at radius 3 is 2.56 bits per heavy atom. The molecule has 18 heavy (non-hydrogen) atoms. The van der Waals surface area contributed by atoms with Crippen LogP contribution in [-0.2, 0) is 0 Å². The molecule has 94 valence electrons. The zero-order valence-corrected chi connectivity index (χ0v) is 11.3. The van der Waals surface area contributed by atoms with Gasteiger partial charge in [-0.2, -0.15) is 0 Å². The Labute approximate surface area is 110 Å². The maximum atomic E-state index is 11.0. The van der Waals surface area contributed by atoms with Gasteiger partial charge in [0, 0.05) is 12.7 Å². The first-order chi connectivity index (χ1) is 8.50. The zero-order valence-electron chi connectivity index (χ0n) is 10.5. The summed E-state index contributed by atoms with van der Waals surface area (Å²) in [4.78, 5) is 17.5. The van der Waals surface area contributed by atoms with E-state index in [1.807, 2.05) is 43.1 Å². The first kappa shape index (κ1) is 12.6. The van der Waals surface area contributed by atoms with Gasteiger partial charge < -0.3 is 10.0 Å². The first-order valence-corrected chi connectivity index (χ1v) is 6.32. The predicted octanol–water partition coefficient (Wildman–Crippen LogP) is 3.23. The number of carboxylic acids is 1. The average Bonchev–Trinajstić information content (AvgIpc) is 2.71. The number of carbonyl (C=O) groups is 1. The smallest absolute Gasteiger partial charge is 0.347 e. The second-order valence-corrected chi connectivity index (χ2v) is 5.04. The molecule has 0 aliphatic carbocycles. The summed E-state index contributed by atoms with van der Waals surface area (Å²) in [5.41, 5.74) is 2.72. The van der Waals surface area contributed by atoms with Crippen LogP contribution in [0.25, 0.3) is 0 Å². The Kier molecular flexibility index (Phi) is 3.34. The van der Waals surface area contributed by atoms with Gasteiger partial charge in [-0.05, 0) is 25.5 Å². The molecule has 2 aromatic rings. The zero-order chi connectivity index (χ0) is 13.3. The minimum atomic E-state index is -0.922. The molecule has 1 heterocycles. The summed E-state index contributed by atoms with van der Waals surface area (Å²) < 4.78 is 0. The SMILES string of the molecule is Cc1ccccc1N(C)c1nc(C)c(C(=O)O)s1. The van der Waals surface area contributed by atoms with Gasteiger partial charge in [0.25, 0.3) is 0 Å². The molecule has 1 aromatic carbocycles. The van der Waals surface area contributed by atoms with E-state index in [1.54, 1.807) is 6.92 Å². The second kappa shape index (κ2) is 4.78. The van der Waals surface area contributed by atoms with Crippen molar-refractivity contribution in [1.29, 1.82) is 0 Å². The van der Waals surface area contributed by atoms with Gasteiger partial charge in [-0.3, -0.25) is 0 Å². The van der Waals surface area contributed by atoms with Crippen LogP contribution in [0.1, 0.15) is 20.9 Å². The van der Waals surface area contributed by atoms with E-state index < -0.39 is 5.97 Å². The highest BCUT2D eigenvalue weighted by Gasteiger charge is 2.17. The lowest BCUT2D eigenvalue weighted by Crippen LogP contribution is -2.10. The van der Waals surface area contributed by atoms with Crippen molar-refractivity contribution in [2.24, 2.45) is 0 Å². The molecule has 5 heteroatoms. The molecule has 4 nitrogen and oxygen atoms in total. The van der Waals surface area contributed by atoms with E-state index in [2.05, 4.69) is 4.98 Å². The molecule has 0 radical (unpaired) electrons. The normalized spacial score (nSPS) is 10.4. The van der Waals surface area contributed by atoms with Crippen molar-refractivity contribution in [3.8, 4) is 0 Å². The Morgan fingerprint density at radius 2 is 2.00 bits per heavy atom. The van der Waals surface area contributed by atoms with E-state index in [0.29, 0.717) is 15.7 Å².